The van der Waals surface area contributed by atoms with Crippen LogP contribution >= 0.6 is 11.3 Å². The molecular weight excluding hydrogens is 272 g/mol. The molecule has 1 aliphatic heterocycles. The highest BCUT2D eigenvalue weighted by Crippen LogP contribution is 2.28. The van der Waals surface area contributed by atoms with E-state index in [1.807, 2.05) is 38.1 Å². The van der Waals surface area contributed by atoms with Crippen LogP contribution in [0.4, 0.5) is 0 Å². The lowest BCUT2D eigenvalue weighted by atomic mass is 9.97. The molecule has 1 aliphatic rings. The fourth-order valence-electron chi connectivity index (χ4n) is 2.61. The van der Waals surface area contributed by atoms with Crippen molar-refractivity contribution in [3.05, 3.63) is 51.0 Å². The molecule has 0 aliphatic carbocycles. The Hall–Kier alpha value is -1.72. The standard InChI is InChI=1S/C15H16N2O2S/c1-9-14(20-10(2)16-9)15(19)17-7-11-5-3-4-6-12(11)13(18)8-17/h3-6,13,18H,7-8H2,1-2H3/t13-/m1/s1. The molecule has 5 heteroatoms. The molecule has 1 N–H and O–H groups in total. The molecule has 0 unspecified atom stereocenters. The normalized spacial score (nSPS) is 17.9. The van der Waals surface area contributed by atoms with Gasteiger partial charge in [-0.1, -0.05) is 24.3 Å². The van der Waals surface area contributed by atoms with Gasteiger partial charge in [-0.25, -0.2) is 4.98 Å². The Bertz CT molecular complexity index is 666. The molecule has 0 saturated carbocycles. The number of aryl methyl sites for hydroxylation is 2. The summed E-state index contributed by atoms with van der Waals surface area (Å²) in [6.45, 7) is 4.63. The Morgan fingerprint density at radius 1 is 1.40 bits per heavy atom. The summed E-state index contributed by atoms with van der Waals surface area (Å²) in [6.07, 6.45) is -0.613. The Morgan fingerprint density at radius 2 is 2.15 bits per heavy atom. The van der Waals surface area contributed by atoms with Crippen molar-refractivity contribution in [2.75, 3.05) is 6.54 Å². The van der Waals surface area contributed by atoms with Gasteiger partial charge in [0.2, 0.25) is 0 Å². The first-order valence-electron chi connectivity index (χ1n) is 6.55. The van der Waals surface area contributed by atoms with E-state index in [4.69, 9.17) is 0 Å². The molecule has 104 valence electrons. The van der Waals surface area contributed by atoms with Crippen molar-refractivity contribution in [3.63, 3.8) is 0 Å². The molecule has 1 aromatic heterocycles. The molecule has 3 rings (SSSR count). The number of aromatic nitrogens is 1. The first kappa shape index (κ1) is 13.3. The summed E-state index contributed by atoms with van der Waals surface area (Å²) in [7, 11) is 0. The fourth-order valence-corrected chi connectivity index (χ4v) is 3.50. The van der Waals surface area contributed by atoms with Crippen molar-refractivity contribution in [2.24, 2.45) is 0 Å². The number of thiazole rings is 1. The van der Waals surface area contributed by atoms with Gasteiger partial charge in [-0.05, 0) is 25.0 Å². The third kappa shape index (κ3) is 2.23. The number of β-amino-alcohol motifs (C(OH)–C–C–N with tert-alkyl or cyclic N) is 1. The summed E-state index contributed by atoms with van der Waals surface area (Å²) in [5.41, 5.74) is 2.71. The maximum atomic E-state index is 12.6. The van der Waals surface area contributed by atoms with Crippen LogP contribution in [0.25, 0.3) is 0 Å². The van der Waals surface area contributed by atoms with E-state index >= 15 is 0 Å². The number of fused-ring (bicyclic) bond motifs is 1. The van der Waals surface area contributed by atoms with Crippen molar-refractivity contribution in [3.8, 4) is 0 Å². The third-order valence-corrected chi connectivity index (χ3v) is 4.61. The number of aliphatic hydroxyl groups is 1. The molecule has 0 spiro atoms. The smallest absolute Gasteiger partial charge is 0.266 e. The van der Waals surface area contributed by atoms with Crippen molar-refractivity contribution in [2.45, 2.75) is 26.5 Å². The van der Waals surface area contributed by atoms with Crippen LogP contribution in [0.2, 0.25) is 0 Å². The van der Waals surface area contributed by atoms with Crippen LogP contribution in [-0.2, 0) is 6.54 Å². The Labute approximate surface area is 121 Å². The highest BCUT2D eigenvalue weighted by molar-refractivity contribution is 7.13. The minimum Gasteiger partial charge on any atom is -0.387 e. The lowest BCUT2D eigenvalue weighted by Crippen LogP contribution is -2.38. The van der Waals surface area contributed by atoms with Crippen molar-refractivity contribution < 1.29 is 9.90 Å². The lowest BCUT2D eigenvalue weighted by molar-refractivity contribution is 0.0553. The molecule has 2 heterocycles. The van der Waals surface area contributed by atoms with E-state index < -0.39 is 6.10 Å². The van der Waals surface area contributed by atoms with Gasteiger partial charge in [0.15, 0.2) is 0 Å². The van der Waals surface area contributed by atoms with Gasteiger partial charge in [0.25, 0.3) is 5.91 Å². The molecule has 1 atom stereocenters. The van der Waals surface area contributed by atoms with E-state index in [2.05, 4.69) is 4.98 Å². The maximum Gasteiger partial charge on any atom is 0.266 e. The topological polar surface area (TPSA) is 53.4 Å². The number of rotatable bonds is 1. The molecule has 1 amide bonds. The predicted molar refractivity (Wildman–Crippen MR) is 77.7 cm³/mol. The van der Waals surface area contributed by atoms with Crippen molar-refractivity contribution >= 4 is 17.2 Å². The number of hydrogen-bond donors (Lipinski definition) is 1. The monoisotopic (exact) mass is 288 g/mol. The highest BCUT2D eigenvalue weighted by atomic mass is 32.1. The van der Waals surface area contributed by atoms with Crippen LogP contribution in [0.3, 0.4) is 0 Å². The van der Waals surface area contributed by atoms with E-state index in [0.29, 0.717) is 18.0 Å². The largest absolute Gasteiger partial charge is 0.387 e. The minimum atomic E-state index is -0.613. The Balaban J connectivity index is 1.90. The minimum absolute atomic E-state index is 0.0401. The van der Waals surface area contributed by atoms with Crippen LogP contribution in [-0.4, -0.2) is 27.4 Å². The molecule has 4 nitrogen and oxygen atoms in total. The Morgan fingerprint density at radius 3 is 2.85 bits per heavy atom. The van der Waals surface area contributed by atoms with Gasteiger partial charge in [-0.2, -0.15) is 0 Å². The average molecular weight is 288 g/mol. The molecule has 0 fully saturated rings. The van der Waals surface area contributed by atoms with E-state index in [0.717, 1.165) is 21.8 Å². The molecule has 0 bridgehead atoms. The van der Waals surface area contributed by atoms with Gasteiger partial charge < -0.3 is 10.0 Å². The van der Waals surface area contributed by atoms with E-state index in [9.17, 15) is 9.90 Å². The molecule has 0 saturated heterocycles. The maximum absolute atomic E-state index is 12.6. The van der Waals surface area contributed by atoms with Crippen LogP contribution < -0.4 is 0 Å². The van der Waals surface area contributed by atoms with Gasteiger partial charge in [-0.3, -0.25) is 4.79 Å². The first-order valence-corrected chi connectivity index (χ1v) is 7.37. The van der Waals surface area contributed by atoms with Gasteiger partial charge in [0.05, 0.1) is 23.4 Å². The second kappa shape index (κ2) is 5.00. The summed E-state index contributed by atoms with van der Waals surface area (Å²) in [5.74, 6) is -0.0401. The van der Waals surface area contributed by atoms with Crippen molar-refractivity contribution in [1.29, 1.82) is 0 Å². The number of nitrogens with zero attached hydrogens (tertiary/aromatic N) is 2. The average Bonchev–Trinajstić information content (AvgIpc) is 2.77. The van der Waals surface area contributed by atoms with E-state index in [-0.39, 0.29) is 5.91 Å². The number of carbonyl (C=O) groups excluding carboxylic acids is 1. The number of carbonyl (C=O) groups is 1. The molecule has 0 radical (unpaired) electrons. The van der Waals surface area contributed by atoms with Gasteiger partial charge in [0.1, 0.15) is 4.88 Å². The molecule has 20 heavy (non-hydrogen) atoms. The van der Waals surface area contributed by atoms with Crippen LogP contribution in [0.15, 0.2) is 24.3 Å². The van der Waals surface area contributed by atoms with Crippen molar-refractivity contribution in [1.82, 2.24) is 9.88 Å². The predicted octanol–water partition coefficient (Wildman–Crippen LogP) is 2.45. The molecule has 2 aromatic rings. The Kier molecular flexibility index (Phi) is 3.31. The summed E-state index contributed by atoms with van der Waals surface area (Å²) >= 11 is 1.41. The number of amides is 1. The summed E-state index contributed by atoms with van der Waals surface area (Å²) < 4.78 is 0. The number of aliphatic hydroxyl groups excluding tert-OH is 1. The number of benzene rings is 1. The van der Waals surface area contributed by atoms with E-state index in [1.54, 1.807) is 4.90 Å². The van der Waals surface area contributed by atoms with Crippen LogP contribution in [0, 0.1) is 13.8 Å². The lowest BCUT2D eigenvalue weighted by Gasteiger charge is -2.32. The van der Waals surface area contributed by atoms with Gasteiger partial charge >= 0.3 is 0 Å². The zero-order chi connectivity index (χ0) is 14.3. The fraction of sp³-hybridized carbons (Fsp3) is 0.333. The second-order valence-corrected chi connectivity index (χ2v) is 6.25. The summed E-state index contributed by atoms with van der Waals surface area (Å²) in [6, 6.07) is 7.73. The summed E-state index contributed by atoms with van der Waals surface area (Å²) in [4.78, 5) is 19.2. The quantitative estimate of drug-likeness (QED) is 0.877. The summed E-state index contributed by atoms with van der Waals surface area (Å²) in [5, 5.41) is 11.1. The zero-order valence-corrected chi connectivity index (χ0v) is 12.3. The molecular formula is C15H16N2O2S. The van der Waals surface area contributed by atoms with Gasteiger partial charge in [-0.15, -0.1) is 11.3 Å². The van der Waals surface area contributed by atoms with Crippen LogP contribution in [0.5, 0.6) is 0 Å². The van der Waals surface area contributed by atoms with Crippen LogP contribution in [0.1, 0.15) is 37.6 Å². The number of hydrogen-bond acceptors (Lipinski definition) is 4. The second-order valence-electron chi connectivity index (χ2n) is 5.05. The van der Waals surface area contributed by atoms with E-state index in [1.165, 1.54) is 11.3 Å². The SMILES string of the molecule is Cc1nc(C)c(C(=O)N2Cc3ccccc3[C@H](O)C2)s1. The third-order valence-electron chi connectivity index (χ3n) is 3.55. The van der Waals surface area contributed by atoms with Gasteiger partial charge in [0, 0.05) is 6.54 Å². The first-order chi connectivity index (χ1) is 9.56. The molecule has 1 aromatic carbocycles. The zero-order valence-electron chi connectivity index (χ0n) is 11.5. The highest BCUT2D eigenvalue weighted by Gasteiger charge is 2.28.